The van der Waals surface area contributed by atoms with E-state index in [2.05, 4.69) is 16.0 Å². The Morgan fingerprint density at radius 1 is 1.56 bits per heavy atom. The van der Waals surface area contributed by atoms with Crippen LogP contribution in [0, 0.1) is 0 Å². The van der Waals surface area contributed by atoms with Crippen molar-refractivity contribution in [3.63, 3.8) is 0 Å². The molecule has 1 unspecified atom stereocenters. The van der Waals surface area contributed by atoms with Crippen molar-refractivity contribution in [3.8, 4) is 0 Å². The predicted molar refractivity (Wildman–Crippen MR) is 33.5 cm³/mol. The van der Waals surface area contributed by atoms with Gasteiger partial charge in [0.2, 0.25) is 0 Å². The Morgan fingerprint density at radius 2 is 2.44 bits per heavy atom. The van der Waals surface area contributed by atoms with Crippen molar-refractivity contribution >= 4 is 6.41 Å². The molecular formula is C5H10N3O. The van der Waals surface area contributed by atoms with Gasteiger partial charge in [0.15, 0.2) is 0 Å². The molecule has 1 amide bonds. The van der Waals surface area contributed by atoms with Crippen LogP contribution in [0.4, 0.5) is 0 Å². The summed E-state index contributed by atoms with van der Waals surface area (Å²) in [6, 6.07) is 0. The van der Waals surface area contributed by atoms with Gasteiger partial charge < -0.3 is 10.6 Å². The number of hydrogen-bond donors (Lipinski definition) is 3. The molecule has 0 spiro atoms. The molecule has 1 aliphatic rings. The first kappa shape index (κ1) is 6.51. The third-order valence-electron chi connectivity index (χ3n) is 1.27. The van der Waals surface area contributed by atoms with E-state index in [0.717, 1.165) is 19.6 Å². The lowest BCUT2D eigenvalue weighted by Crippen LogP contribution is -2.55. The van der Waals surface area contributed by atoms with Crippen LogP contribution < -0.4 is 16.0 Å². The fraction of sp³-hybridized carbons (Fsp3) is 0.800. The predicted octanol–water partition coefficient (Wildman–Crippen LogP) is -1.84. The van der Waals surface area contributed by atoms with Gasteiger partial charge in [0.05, 0.1) is 6.17 Å². The van der Waals surface area contributed by atoms with E-state index in [1.165, 1.54) is 0 Å². The Hall–Kier alpha value is -0.610. The van der Waals surface area contributed by atoms with Crippen molar-refractivity contribution in [1.82, 2.24) is 16.0 Å². The minimum absolute atomic E-state index is 0.0660. The molecule has 51 valence electrons. The van der Waals surface area contributed by atoms with Gasteiger partial charge in [-0.05, 0) is 0 Å². The molecule has 1 fully saturated rings. The molecule has 1 aliphatic heterocycles. The lowest BCUT2D eigenvalue weighted by molar-refractivity contribution is 0.390. The molecule has 1 rings (SSSR count). The highest BCUT2D eigenvalue weighted by Crippen LogP contribution is 1.78. The fourth-order valence-electron chi connectivity index (χ4n) is 0.827. The van der Waals surface area contributed by atoms with E-state index < -0.39 is 0 Å². The van der Waals surface area contributed by atoms with Gasteiger partial charge in [-0.15, -0.1) is 0 Å². The zero-order chi connectivity index (χ0) is 6.53. The lowest BCUT2D eigenvalue weighted by Gasteiger charge is -2.22. The summed E-state index contributed by atoms with van der Waals surface area (Å²) < 4.78 is 0. The Bertz CT molecular complexity index is 90.2. The van der Waals surface area contributed by atoms with Crippen LogP contribution in [0.3, 0.4) is 0 Å². The molecule has 0 aromatic rings. The van der Waals surface area contributed by atoms with Crippen LogP contribution >= 0.6 is 0 Å². The fourth-order valence-corrected chi connectivity index (χ4v) is 0.827. The maximum Gasteiger partial charge on any atom is 0.310 e. The quantitative estimate of drug-likeness (QED) is 0.383. The minimum atomic E-state index is 0.0660. The average Bonchev–Trinajstić information content (AvgIpc) is 1.91. The summed E-state index contributed by atoms with van der Waals surface area (Å²) in [4.78, 5) is 9.77. The van der Waals surface area contributed by atoms with Crippen molar-refractivity contribution in [2.75, 3.05) is 19.6 Å². The van der Waals surface area contributed by atoms with Crippen molar-refractivity contribution in [2.24, 2.45) is 0 Å². The molecule has 0 aromatic carbocycles. The van der Waals surface area contributed by atoms with E-state index in [0.29, 0.717) is 0 Å². The first-order valence-electron chi connectivity index (χ1n) is 3.00. The van der Waals surface area contributed by atoms with E-state index in [9.17, 15) is 4.79 Å². The van der Waals surface area contributed by atoms with Crippen LogP contribution in [0.5, 0.6) is 0 Å². The third-order valence-corrected chi connectivity index (χ3v) is 1.27. The SMILES string of the molecule is O=[C]NC1CNCCN1. The molecule has 0 saturated carbocycles. The van der Waals surface area contributed by atoms with Crippen LogP contribution in [0.2, 0.25) is 0 Å². The molecule has 4 heteroatoms. The van der Waals surface area contributed by atoms with Crippen molar-refractivity contribution < 1.29 is 4.79 Å². The van der Waals surface area contributed by atoms with Crippen LogP contribution in [-0.4, -0.2) is 32.2 Å². The highest BCUT2D eigenvalue weighted by molar-refractivity contribution is 5.47. The molecule has 1 saturated heterocycles. The van der Waals surface area contributed by atoms with Crippen LogP contribution in [-0.2, 0) is 4.79 Å². The Morgan fingerprint density at radius 3 is 3.00 bits per heavy atom. The summed E-state index contributed by atoms with van der Waals surface area (Å²) in [5, 5.41) is 8.70. The smallest absolute Gasteiger partial charge is 0.310 e. The summed E-state index contributed by atoms with van der Waals surface area (Å²) in [6.07, 6.45) is 1.70. The molecule has 0 aliphatic carbocycles. The second-order valence-electron chi connectivity index (χ2n) is 1.96. The van der Waals surface area contributed by atoms with E-state index in [1.807, 2.05) is 0 Å². The molecule has 0 aromatic heterocycles. The number of piperazine rings is 1. The van der Waals surface area contributed by atoms with Gasteiger partial charge in [-0.25, -0.2) is 0 Å². The molecular weight excluding hydrogens is 118 g/mol. The molecule has 1 heterocycles. The number of amides is 1. The van der Waals surface area contributed by atoms with Crippen molar-refractivity contribution in [1.29, 1.82) is 0 Å². The zero-order valence-corrected chi connectivity index (χ0v) is 5.11. The second kappa shape index (κ2) is 3.42. The van der Waals surface area contributed by atoms with Gasteiger partial charge in [-0.1, -0.05) is 0 Å². The number of hydrogen-bond acceptors (Lipinski definition) is 3. The Labute approximate surface area is 54.0 Å². The van der Waals surface area contributed by atoms with Crippen molar-refractivity contribution in [3.05, 3.63) is 0 Å². The standard InChI is InChI=1S/C5H10N3O/c9-4-8-5-3-6-1-2-7-5/h5-7H,1-3H2,(H,8,9). The van der Waals surface area contributed by atoms with Gasteiger partial charge in [-0.3, -0.25) is 10.1 Å². The van der Waals surface area contributed by atoms with E-state index in [4.69, 9.17) is 0 Å². The first-order valence-corrected chi connectivity index (χ1v) is 3.00. The number of rotatable bonds is 2. The molecule has 1 radical (unpaired) electrons. The zero-order valence-electron chi connectivity index (χ0n) is 5.11. The van der Waals surface area contributed by atoms with Gasteiger partial charge in [0.25, 0.3) is 0 Å². The van der Waals surface area contributed by atoms with Crippen LogP contribution in [0.1, 0.15) is 0 Å². The third kappa shape index (κ3) is 1.99. The van der Waals surface area contributed by atoms with Crippen molar-refractivity contribution in [2.45, 2.75) is 6.17 Å². The van der Waals surface area contributed by atoms with E-state index in [-0.39, 0.29) is 6.17 Å². The number of nitrogens with one attached hydrogen (secondary N) is 3. The molecule has 9 heavy (non-hydrogen) atoms. The molecule has 4 nitrogen and oxygen atoms in total. The highest BCUT2D eigenvalue weighted by Gasteiger charge is 2.08. The molecule has 1 atom stereocenters. The van der Waals surface area contributed by atoms with E-state index >= 15 is 0 Å². The average molecular weight is 128 g/mol. The van der Waals surface area contributed by atoms with E-state index in [1.54, 1.807) is 6.41 Å². The van der Waals surface area contributed by atoms with Gasteiger partial charge in [0.1, 0.15) is 0 Å². The summed E-state index contributed by atoms with van der Waals surface area (Å²) in [7, 11) is 0. The van der Waals surface area contributed by atoms with Crippen LogP contribution in [0.15, 0.2) is 0 Å². The number of carbonyl (C=O) groups excluding carboxylic acids is 1. The molecule has 3 N–H and O–H groups in total. The summed E-state index contributed by atoms with van der Waals surface area (Å²) in [5.74, 6) is 0. The summed E-state index contributed by atoms with van der Waals surface area (Å²) in [5.41, 5.74) is 0. The summed E-state index contributed by atoms with van der Waals surface area (Å²) in [6.45, 7) is 2.66. The normalized spacial score (nSPS) is 27.3. The molecule has 0 bridgehead atoms. The maximum absolute atomic E-state index is 9.77. The highest BCUT2D eigenvalue weighted by atomic mass is 16.1. The van der Waals surface area contributed by atoms with Gasteiger partial charge >= 0.3 is 6.41 Å². The van der Waals surface area contributed by atoms with Gasteiger partial charge in [-0.2, -0.15) is 0 Å². The van der Waals surface area contributed by atoms with Crippen LogP contribution in [0.25, 0.3) is 0 Å². The topological polar surface area (TPSA) is 53.2 Å². The van der Waals surface area contributed by atoms with Gasteiger partial charge in [0, 0.05) is 19.6 Å². The summed E-state index contributed by atoms with van der Waals surface area (Å²) >= 11 is 0. The minimum Gasteiger partial charge on any atom is -0.331 e. The first-order chi connectivity index (χ1) is 4.43. The monoisotopic (exact) mass is 128 g/mol. The second-order valence-corrected chi connectivity index (χ2v) is 1.96. The Balaban J connectivity index is 2.15. The Kier molecular flexibility index (Phi) is 2.48. The lowest BCUT2D eigenvalue weighted by atomic mass is 10.4. The maximum atomic E-state index is 9.77. The largest absolute Gasteiger partial charge is 0.331 e.